The maximum Gasteiger partial charge on any atom is 0.255 e. The Hall–Kier alpha value is -3.80. The first-order chi connectivity index (χ1) is 14.5. The van der Waals surface area contributed by atoms with Crippen molar-refractivity contribution >= 4 is 17.5 Å². The maximum absolute atomic E-state index is 12.8. The number of anilines is 1. The van der Waals surface area contributed by atoms with Crippen LogP contribution in [0.2, 0.25) is 0 Å². The van der Waals surface area contributed by atoms with E-state index in [0.717, 1.165) is 16.7 Å². The van der Waals surface area contributed by atoms with Gasteiger partial charge in [-0.3, -0.25) is 9.59 Å². The first-order valence-corrected chi connectivity index (χ1v) is 9.65. The number of carbonyl (C=O) groups excluding carboxylic acids is 2. The van der Waals surface area contributed by atoms with Crippen LogP contribution in [0.15, 0.2) is 60.7 Å². The van der Waals surface area contributed by atoms with Gasteiger partial charge in [-0.2, -0.15) is 0 Å². The van der Waals surface area contributed by atoms with Crippen LogP contribution in [0.25, 0.3) is 0 Å². The second kappa shape index (κ2) is 8.29. The van der Waals surface area contributed by atoms with E-state index in [0.29, 0.717) is 34.9 Å². The molecule has 0 atom stereocenters. The summed E-state index contributed by atoms with van der Waals surface area (Å²) in [6, 6.07) is 18.0. The molecule has 0 spiro atoms. The highest BCUT2D eigenvalue weighted by molar-refractivity contribution is 6.09. The molecule has 0 saturated carbocycles. The number of rotatable bonds is 5. The fourth-order valence-electron chi connectivity index (χ4n) is 3.20. The van der Waals surface area contributed by atoms with Gasteiger partial charge in [0, 0.05) is 12.1 Å². The van der Waals surface area contributed by atoms with Crippen molar-refractivity contribution in [2.45, 2.75) is 20.4 Å². The number of fused-ring (bicyclic) bond motifs is 1. The van der Waals surface area contributed by atoms with Crippen LogP contribution in [0.1, 0.15) is 37.4 Å². The summed E-state index contributed by atoms with van der Waals surface area (Å²) in [5, 5.41) is 5.74. The van der Waals surface area contributed by atoms with E-state index in [-0.39, 0.29) is 18.6 Å². The molecule has 6 nitrogen and oxygen atoms in total. The molecule has 2 N–H and O–H groups in total. The van der Waals surface area contributed by atoms with Crippen molar-refractivity contribution < 1.29 is 19.1 Å². The minimum atomic E-state index is -0.274. The number of amides is 2. The Bertz CT molecular complexity index is 1120. The molecule has 3 aromatic rings. The third-order valence-electron chi connectivity index (χ3n) is 5.08. The molecule has 0 aliphatic carbocycles. The molecule has 0 aromatic heterocycles. The topological polar surface area (TPSA) is 76.7 Å². The van der Waals surface area contributed by atoms with Crippen LogP contribution in [0.5, 0.6) is 11.5 Å². The fraction of sp³-hybridized carbons (Fsp3) is 0.167. The average Bonchev–Trinajstić information content (AvgIpc) is 3.22. The molecule has 1 aliphatic rings. The number of para-hydroxylation sites is 1. The van der Waals surface area contributed by atoms with E-state index in [4.69, 9.17) is 9.47 Å². The molecule has 152 valence electrons. The molecule has 30 heavy (non-hydrogen) atoms. The highest BCUT2D eigenvalue weighted by atomic mass is 16.7. The summed E-state index contributed by atoms with van der Waals surface area (Å²) >= 11 is 0. The number of benzene rings is 3. The molecular formula is C24H22N2O4. The van der Waals surface area contributed by atoms with Crippen LogP contribution in [0.3, 0.4) is 0 Å². The van der Waals surface area contributed by atoms with Crippen LogP contribution in [0.4, 0.5) is 5.69 Å². The van der Waals surface area contributed by atoms with Crippen molar-refractivity contribution in [2.24, 2.45) is 0 Å². The summed E-state index contributed by atoms with van der Waals surface area (Å²) < 4.78 is 10.7. The lowest BCUT2D eigenvalue weighted by atomic mass is 10.1. The SMILES string of the molecule is Cc1ccc(C(=O)Nc2ccccc2C(=O)NCc2ccc3c(c2)OCO3)cc1C. The smallest absolute Gasteiger partial charge is 0.255 e. The van der Waals surface area contributed by atoms with Gasteiger partial charge < -0.3 is 20.1 Å². The third kappa shape index (κ3) is 4.12. The second-order valence-electron chi connectivity index (χ2n) is 7.17. The van der Waals surface area contributed by atoms with Crippen LogP contribution < -0.4 is 20.1 Å². The largest absolute Gasteiger partial charge is 0.454 e. The first-order valence-electron chi connectivity index (χ1n) is 9.65. The zero-order chi connectivity index (χ0) is 21.1. The Morgan fingerprint density at radius 3 is 2.50 bits per heavy atom. The van der Waals surface area contributed by atoms with Crippen LogP contribution in [0, 0.1) is 13.8 Å². The number of hydrogen-bond acceptors (Lipinski definition) is 4. The Morgan fingerprint density at radius 1 is 0.867 bits per heavy atom. The molecule has 3 aromatic carbocycles. The predicted molar refractivity (Wildman–Crippen MR) is 114 cm³/mol. The van der Waals surface area contributed by atoms with E-state index >= 15 is 0 Å². The van der Waals surface area contributed by atoms with E-state index in [1.165, 1.54) is 0 Å². The summed E-state index contributed by atoms with van der Waals surface area (Å²) in [7, 11) is 0. The molecule has 4 rings (SSSR count). The summed E-state index contributed by atoms with van der Waals surface area (Å²) in [5.41, 5.74) is 4.46. The molecular weight excluding hydrogens is 380 g/mol. The van der Waals surface area contributed by atoms with Crippen molar-refractivity contribution in [3.05, 3.63) is 88.5 Å². The molecule has 1 aliphatic heterocycles. The normalized spacial score (nSPS) is 11.8. The lowest BCUT2D eigenvalue weighted by molar-refractivity contribution is 0.0951. The van der Waals surface area contributed by atoms with Crippen LogP contribution in [-0.2, 0) is 6.54 Å². The number of ether oxygens (including phenoxy) is 2. The summed E-state index contributed by atoms with van der Waals surface area (Å²) in [6.07, 6.45) is 0. The van der Waals surface area contributed by atoms with Gasteiger partial charge in [0.05, 0.1) is 11.3 Å². The van der Waals surface area contributed by atoms with Crippen molar-refractivity contribution in [3.8, 4) is 11.5 Å². The quantitative estimate of drug-likeness (QED) is 0.670. The minimum Gasteiger partial charge on any atom is -0.454 e. The zero-order valence-corrected chi connectivity index (χ0v) is 16.8. The van der Waals surface area contributed by atoms with Gasteiger partial charge in [0.25, 0.3) is 11.8 Å². The van der Waals surface area contributed by atoms with Gasteiger partial charge in [0.2, 0.25) is 6.79 Å². The van der Waals surface area contributed by atoms with E-state index in [2.05, 4.69) is 10.6 Å². The van der Waals surface area contributed by atoms with Gasteiger partial charge in [0.15, 0.2) is 11.5 Å². The average molecular weight is 402 g/mol. The van der Waals surface area contributed by atoms with Gasteiger partial charge in [-0.15, -0.1) is 0 Å². The first kappa shape index (κ1) is 19.5. The summed E-state index contributed by atoms with van der Waals surface area (Å²) in [4.78, 5) is 25.4. The van der Waals surface area contributed by atoms with Gasteiger partial charge in [0.1, 0.15) is 0 Å². The summed E-state index contributed by atoms with van der Waals surface area (Å²) in [6.45, 7) is 4.49. The van der Waals surface area contributed by atoms with E-state index in [9.17, 15) is 9.59 Å². The summed E-state index contributed by atoms with van der Waals surface area (Å²) in [5.74, 6) is 0.838. The van der Waals surface area contributed by atoms with Crippen molar-refractivity contribution in [1.29, 1.82) is 0 Å². The van der Waals surface area contributed by atoms with Gasteiger partial charge in [-0.1, -0.05) is 24.3 Å². The highest BCUT2D eigenvalue weighted by Crippen LogP contribution is 2.32. The van der Waals surface area contributed by atoms with Crippen molar-refractivity contribution in [3.63, 3.8) is 0 Å². The molecule has 6 heteroatoms. The van der Waals surface area contributed by atoms with Gasteiger partial charge in [-0.05, 0) is 66.9 Å². The van der Waals surface area contributed by atoms with E-state index in [1.54, 1.807) is 30.3 Å². The highest BCUT2D eigenvalue weighted by Gasteiger charge is 2.16. The second-order valence-corrected chi connectivity index (χ2v) is 7.17. The minimum absolute atomic E-state index is 0.207. The van der Waals surface area contributed by atoms with Gasteiger partial charge in [-0.25, -0.2) is 0 Å². The molecule has 0 saturated heterocycles. The Labute approximate surface area is 174 Å². The van der Waals surface area contributed by atoms with E-state index in [1.807, 2.05) is 44.2 Å². The lowest BCUT2D eigenvalue weighted by Gasteiger charge is -2.12. The van der Waals surface area contributed by atoms with Crippen LogP contribution in [-0.4, -0.2) is 18.6 Å². The maximum atomic E-state index is 12.8. The van der Waals surface area contributed by atoms with Crippen LogP contribution >= 0.6 is 0 Å². The fourth-order valence-corrected chi connectivity index (χ4v) is 3.20. The molecule has 0 radical (unpaired) electrons. The molecule has 0 bridgehead atoms. The number of hydrogen-bond donors (Lipinski definition) is 2. The molecule has 1 heterocycles. The predicted octanol–water partition coefficient (Wildman–Crippen LogP) is 4.21. The zero-order valence-electron chi connectivity index (χ0n) is 16.8. The van der Waals surface area contributed by atoms with Crippen molar-refractivity contribution in [1.82, 2.24) is 5.32 Å². The molecule has 0 unspecified atom stereocenters. The number of carbonyl (C=O) groups is 2. The number of nitrogens with one attached hydrogen (secondary N) is 2. The standard InChI is InChI=1S/C24H22N2O4/c1-15-7-9-18(11-16(15)2)23(27)26-20-6-4-3-5-19(20)24(28)25-13-17-8-10-21-22(12-17)30-14-29-21/h3-12H,13-14H2,1-2H3,(H,25,28)(H,26,27). The number of aryl methyl sites for hydroxylation is 2. The van der Waals surface area contributed by atoms with Gasteiger partial charge >= 0.3 is 0 Å². The Balaban J connectivity index is 1.46. The van der Waals surface area contributed by atoms with E-state index < -0.39 is 0 Å². The Kier molecular flexibility index (Phi) is 5.39. The molecule has 2 amide bonds. The Morgan fingerprint density at radius 2 is 1.67 bits per heavy atom. The lowest BCUT2D eigenvalue weighted by Crippen LogP contribution is -2.25. The molecule has 0 fully saturated rings. The monoisotopic (exact) mass is 402 g/mol. The van der Waals surface area contributed by atoms with Crippen molar-refractivity contribution in [2.75, 3.05) is 12.1 Å². The third-order valence-corrected chi connectivity index (χ3v) is 5.08.